The number of rotatable bonds is 7. The van der Waals surface area contributed by atoms with Crippen LogP contribution in [-0.2, 0) is 14.3 Å². The fraction of sp³-hybridized carbons (Fsp3) is 0.429. The predicted molar refractivity (Wildman–Crippen MR) is 110 cm³/mol. The van der Waals surface area contributed by atoms with Gasteiger partial charge in [-0.2, -0.15) is 10.4 Å². The first-order valence-corrected chi connectivity index (χ1v) is 9.96. The molecule has 0 aliphatic carbocycles. The van der Waals surface area contributed by atoms with Gasteiger partial charge in [0.2, 0.25) is 11.7 Å². The molecule has 3 rings (SSSR count). The lowest BCUT2D eigenvalue weighted by Crippen LogP contribution is -2.59. The van der Waals surface area contributed by atoms with Crippen molar-refractivity contribution in [2.45, 2.75) is 44.2 Å². The van der Waals surface area contributed by atoms with Crippen molar-refractivity contribution in [2.24, 2.45) is 5.92 Å². The van der Waals surface area contributed by atoms with Crippen LogP contribution in [0.15, 0.2) is 36.1 Å². The summed E-state index contributed by atoms with van der Waals surface area (Å²) in [5.41, 5.74) is 0.593. The third kappa shape index (κ3) is 4.29. The van der Waals surface area contributed by atoms with E-state index >= 15 is 0 Å². The topological polar surface area (TPSA) is 178 Å². The van der Waals surface area contributed by atoms with Crippen molar-refractivity contribution >= 4 is 22.8 Å². The monoisotopic (exact) mass is 444 g/mol. The third-order valence-electron chi connectivity index (χ3n) is 5.26. The maximum absolute atomic E-state index is 12.5. The van der Waals surface area contributed by atoms with Gasteiger partial charge in [-0.05, 0) is 18.2 Å². The lowest BCUT2D eigenvalue weighted by Gasteiger charge is -2.40. The summed E-state index contributed by atoms with van der Waals surface area (Å²) in [4.78, 5) is 24.3. The maximum Gasteiger partial charge on any atom is 0.370 e. The molecule has 0 saturated carbocycles. The summed E-state index contributed by atoms with van der Waals surface area (Å²) in [6.07, 6.45) is -3.69. The molecule has 170 valence electrons. The third-order valence-corrected chi connectivity index (χ3v) is 5.26. The van der Waals surface area contributed by atoms with Crippen LogP contribution in [0.3, 0.4) is 0 Å². The van der Waals surface area contributed by atoms with Crippen molar-refractivity contribution in [1.82, 2.24) is 15.1 Å². The molecule has 1 aliphatic heterocycles. The van der Waals surface area contributed by atoms with Gasteiger partial charge in [-0.15, -0.1) is 0 Å². The number of carboxylic acid groups (broad SMARTS) is 1. The summed E-state index contributed by atoms with van der Waals surface area (Å²) >= 11 is 0. The van der Waals surface area contributed by atoms with Crippen LogP contribution in [0, 0.1) is 17.2 Å². The van der Waals surface area contributed by atoms with Crippen molar-refractivity contribution in [1.29, 1.82) is 5.26 Å². The van der Waals surface area contributed by atoms with E-state index in [-0.39, 0.29) is 5.69 Å². The highest BCUT2D eigenvalue weighted by Gasteiger charge is 2.45. The second-order valence-corrected chi connectivity index (χ2v) is 7.76. The number of carbonyl (C=O) groups is 2. The molecule has 1 aliphatic rings. The van der Waals surface area contributed by atoms with Crippen LogP contribution in [0.4, 0.5) is 0 Å². The largest absolute Gasteiger partial charge is 0.478 e. The first kappa shape index (κ1) is 23.2. The Hall–Kier alpha value is -3.46. The van der Waals surface area contributed by atoms with E-state index in [2.05, 4.69) is 16.5 Å². The zero-order valence-corrected chi connectivity index (χ0v) is 17.4. The van der Waals surface area contributed by atoms with E-state index in [4.69, 9.17) is 4.74 Å². The Morgan fingerprint density at radius 1 is 1.31 bits per heavy atom. The molecule has 0 radical (unpaired) electrons. The van der Waals surface area contributed by atoms with E-state index < -0.39 is 60.6 Å². The lowest BCUT2D eigenvalue weighted by atomic mass is 9.91. The number of fused-ring (bicyclic) bond motifs is 1. The zero-order chi connectivity index (χ0) is 23.6. The molecule has 0 saturated heterocycles. The van der Waals surface area contributed by atoms with Crippen LogP contribution in [0.25, 0.3) is 10.9 Å². The molecule has 5 N–H and O–H groups in total. The van der Waals surface area contributed by atoms with Crippen molar-refractivity contribution in [3.05, 3.63) is 41.8 Å². The summed E-state index contributed by atoms with van der Waals surface area (Å²) in [5.74, 6) is -2.90. The number of aliphatic hydroxyl groups excluding tert-OH is 3. The van der Waals surface area contributed by atoms with Crippen LogP contribution >= 0.6 is 0 Å². The zero-order valence-electron chi connectivity index (χ0n) is 17.4. The molecule has 2 aromatic rings. The van der Waals surface area contributed by atoms with Gasteiger partial charge in [-0.1, -0.05) is 26.0 Å². The van der Waals surface area contributed by atoms with Crippen molar-refractivity contribution in [2.75, 3.05) is 6.61 Å². The summed E-state index contributed by atoms with van der Waals surface area (Å²) in [6.45, 7) is 2.46. The van der Waals surface area contributed by atoms with Crippen LogP contribution in [0.2, 0.25) is 0 Å². The smallest absolute Gasteiger partial charge is 0.370 e. The van der Waals surface area contributed by atoms with Gasteiger partial charge in [0.25, 0.3) is 0 Å². The van der Waals surface area contributed by atoms with Crippen LogP contribution in [0.5, 0.6) is 0 Å². The Morgan fingerprint density at radius 2 is 2.00 bits per heavy atom. The summed E-state index contributed by atoms with van der Waals surface area (Å²) in [5, 5.41) is 56.9. The van der Waals surface area contributed by atoms with Crippen LogP contribution in [0.1, 0.15) is 25.6 Å². The van der Waals surface area contributed by atoms with Crippen molar-refractivity contribution in [3.63, 3.8) is 0 Å². The number of nitrogens with one attached hydrogen (secondary N) is 1. The highest BCUT2D eigenvalue weighted by atomic mass is 16.5. The minimum atomic E-state index is -1.75. The van der Waals surface area contributed by atoms with E-state index in [0.717, 1.165) is 0 Å². The van der Waals surface area contributed by atoms with Gasteiger partial charge < -0.3 is 30.5 Å². The first-order valence-electron chi connectivity index (χ1n) is 9.96. The summed E-state index contributed by atoms with van der Waals surface area (Å²) < 4.78 is 6.70. The van der Waals surface area contributed by atoms with Gasteiger partial charge in [-0.3, -0.25) is 4.79 Å². The molecule has 2 heterocycles. The fourth-order valence-corrected chi connectivity index (χ4v) is 3.54. The molecule has 11 heteroatoms. The van der Waals surface area contributed by atoms with Gasteiger partial charge in [0, 0.05) is 11.3 Å². The molecule has 1 aromatic carbocycles. The lowest BCUT2D eigenvalue weighted by molar-refractivity contribution is -0.147. The number of nitrogens with zero attached hydrogens (tertiary/aromatic N) is 3. The average molecular weight is 444 g/mol. The highest BCUT2D eigenvalue weighted by Crippen LogP contribution is 2.32. The molecule has 1 aromatic heterocycles. The number of aromatic nitrogens is 2. The Labute approximate surface area is 183 Å². The molecule has 0 spiro atoms. The quantitative estimate of drug-likeness (QED) is 0.382. The Morgan fingerprint density at radius 3 is 2.59 bits per heavy atom. The fourth-order valence-electron chi connectivity index (χ4n) is 3.54. The number of carbonyl (C=O) groups excluding carboxylic acids is 1. The van der Waals surface area contributed by atoms with E-state index in [0.29, 0.717) is 10.9 Å². The Bertz CT molecular complexity index is 1090. The van der Waals surface area contributed by atoms with E-state index in [1.54, 1.807) is 38.1 Å². The van der Waals surface area contributed by atoms with E-state index in [1.807, 2.05) is 0 Å². The molecular formula is C21H24N4O7. The van der Waals surface area contributed by atoms with Gasteiger partial charge in [0.1, 0.15) is 30.1 Å². The molecule has 5 atom stereocenters. The maximum atomic E-state index is 12.5. The van der Waals surface area contributed by atoms with Crippen molar-refractivity contribution in [3.8, 4) is 6.07 Å². The first-order chi connectivity index (χ1) is 15.2. The molecule has 1 amide bonds. The van der Waals surface area contributed by atoms with Gasteiger partial charge in [0.15, 0.2) is 0 Å². The molecule has 0 bridgehead atoms. The number of ether oxygens (including phenoxy) is 1. The summed E-state index contributed by atoms with van der Waals surface area (Å²) in [6, 6.07) is 6.69. The highest BCUT2D eigenvalue weighted by molar-refractivity contribution is 5.86. The number of benzene rings is 1. The number of hydrogen-bond acceptors (Lipinski definition) is 8. The molecule has 11 nitrogen and oxygen atoms in total. The van der Waals surface area contributed by atoms with Gasteiger partial charge in [0.05, 0.1) is 24.2 Å². The normalized spacial score (nSPS) is 22.5. The minimum absolute atomic E-state index is 0.119. The Kier molecular flexibility index (Phi) is 6.78. The standard InChI is InChI=1S/C21H24N4O7/c1-10(2)20(29)23-17-13(25-14(8-22)11-5-3-4-6-12(11)24-25)7-16(21(30)31)32-19(17)18(28)15(27)9-26/h3-7,10,13,15,17-19,26-28H,9H2,1-2H3,(H,23,29)(H,30,31)/t13-,15+,17+,18+,19+/m0/s1. The summed E-state index contributed by atoms with van der Waals surface area (Å²) in [7, 11) is 0. The van der Waals surface area contributed by atoms with Gasteiger partial charge in [-0.25, -0.2) is 9.48 Å². The Balaban J connectivity index is 2.21. The number of nitriles is 1. The number of carboxylic acids is 1. The van der Waals surface area contributed by atoms with Crippen molar-refractivity contribution < 1.29 is 34.8 Å². The minimum Gasteiger partial charge on any atom is -0.478 e. The van der Waals surface area contributed by atoms with E-state index in [1.165, 1.54) is 10.8 Å². The second-order valence-electron chi connectivity index (χ2n) is 7.76. The SMILES string of the molecule is CC(C)C(=O)N[C@H]1[C@H]([C@H](O)[C@H](O)CO)OC(C(=O)O)=C[C@@H]1n1nc2ccccc2c1C#N. The molecule has 32 heavy (non-hydrogen) atoms. The van der Waals surface area contributed by atoms with Gasteiger partial charge >= 0.3 is 5.97 Å². The average Bonchev–Trinajstić information content (AvgIpc) is 3.16. The molecule has 0 unspecified atom stereocenters. The number of aliphatic hydroxyl groups is 3. The van der Waals surface area contributed by atoms with E-state index in [9.17, 15) is 35.3 Å². The molecular weight excluding hydrogens is 420 g/mol. The molecule has 0 fully saturated rings. The predicted octanol–water partition coefficient (Wildman–Crippen LogP) is -0.329. The second kappa shape index (κ2) is 9.35. The number of hydrogen-bond donors (Lipinski definition) is 5. The number of amides is 1. The van der Waals surface area contributed by atoms with Crippen LogP contribution < -0.4 is 5.32 Å². The van der Waals surface area contributed by atoms with Crippen LogP contribution in [-0.4, -0.2) is 73.0 Å². The number of aliphatic carboxylic acids is 1.